The molecule has 1 aromatic rings. The summed E-state index contributed by atoms with van der Waals surface area (Å²) in [7, 11) is -3.84. The first-order valence-corrected chi connectivity index (χ1v) is 7.41. The van der Waals surface area contributed by atoms with Crippen LogP contribution in [0.25, 0.3) is 0 Å². The van der Waals surface area contributed by atoms with E-state index in [0.29, 0.717) is 5.02 Å². The molecule has 1 atom stereocenters. The van der Waals surface area contributed by atoms with Gasteiger partial charge in [0, 0.05) is 11.6 Å². The molecule has 20 heavy (non-hydrogen) atoms. The van der Waals surface area contributed by atoms with Gasteiger partial charge in [-0.3, -0.25) is 4.79 Å². The molecule has 0 unspecified atom stereocenters. The normalized spacial score (nSPS) is 12.3. The molecular weight excluding hydrogens is 327 g/mol. The zero-order valence-electron chi connectivity index (χ0n) is 10.7. The highest BCUT2D eigenvalue weighted by Gasteiger charge is 2.25. The van der Waals surface area contributed by atoms with Crippen LogP contribution in [0.4, 0.5) is 0 Å². The molecule has 9 heteroatoms. The van der Waals surface area contributed by atoms with Crippen molar-refractivity contribution < 1.29 is 17.9 Å². The van der Waals surface area contributed by atoms with E-state index in [-0.39, 0.29) is 30.5 Å². The van der Waals surface area contributed by atoms with Crippen LogP contribution in [0.1, 0.15) is 6.92 Å². The van der Waals surface area contributed by atoms with Crippen molar-refractivity contribution in [3.05, 3.63) is 29.3 Å². The fourth-order valence-corrected chi connectivity index (χ4v) is 2.63. The predicted octanol–water partition coefficient (Wildman–Crippen LogP) is 0.931. The summed E-state index contributed by atoms with van der Waals surface area (Å²) in [6, 6.07) is 4.45. The van der Waals surface area contributed by atoms with E-state index in [1.165, 1.54) is 24.3 Å². The van der Waals surface area contributed by atoms with Gasteiger partial charge >= 0.3 is 5.97 Å². The zero-order valence-corrected chi connectivity index (χ0v) is 13.1. The molecule has 114 valence electrons. The van der Waals surface area contributed by atoms with E-state index in [0.717, 1.165) is 0 Å². The summed E-state index contributed by atoms with van der Waals surface area (Å²) in [5.74, 6) is -0.706. The van der Waals surface area contributed by atoms with Gasteiger partial charge in [-0.1, -0.05) is 11.6 Å². The highest BCUT2D eigenvalue weighted by molar-refractivity contribution is 7.89. The number of halogens is 2. The van der Waals surface area contributed by atoms with Gasteiger partial charge in [0.25, 0.3) is 0 Å². The quantitative estimate of drug-likeness (QED) is 0.749. The second kappa shape index (κ2) is 8.43. The van der Waals surface area contributed by atoms with E-state index in [1.54, 1.807) is 6.92 Å². The maximum atomic E-state index is 12.0. The second-order valence-electron chi connectivity index (χ2n) is 3.62. The molecule has 0 amide bonds. The Balaban J connectivity index is 0.00000361. The standard InChI is InChI=1S/C11H15ClN2O4S.ClH/c1-2-18-11(15)10(7-13)14-19(16,17)9-5-3-8(12)4-6-9;/h3-6,10,14H,2,7,13H2,1H3;1H/t10-;/m0./s1. The monoisotopic (exact) mass is 342 g/mol. The number of nitrogens with two attached hydrogens (primary N) is 1. The average Bonchev–Trinajstić information content (AvgIpc) is 2.36. The van der Waals surface area contributed by atoms with Gasteiger partial charge in [-0.15, -0.1) is 12.4 Å². The summed E-state index contributed by atoms with van der Waals surface area (Å²) in [4.78, 5) is 11.5. The summed E-state index contributed by atoms with van der Waals surface area (Å²) in [5.41, 5.74) is 5.36. The number of nitrogens with one attached hydrogen (secondary N) is 1. The Morgan fingerprint density at radius 2 is 1.95 bits per heavy atom. The largest absolute Gasteiger partial charge is 0.465 e. The molecule has 1 aromatic carbocycles. The number of benzene rings is 1. The van der Waals surface area contributed by atoms with Crippen molar-refractivity contribution in [1.82, 2.24) is 4.72 Å². The molecule has 0 saturated heterocycles. The van der Waals surface area contributed by atoms with Crippen LogP contribution in [0, 0.1) is 0 Å². The number of ether oxygens (including phenoxy) is 1. The second-order valence-corrected chi connectivity index (χ2v) is 5.77. The number of esters is 1. The van der Waals surface area contributed by atoms with Crippen LogP contribution >= 0.6 is 24.0 Å². The van der Waals surface area contributed by atoms with Crippen molar-refractivity contribution in [2.24, 2.45) is 5.73 Å². The third-order valence-corrected chi connectivity index (χ3v) is 3.97. The Kier molecular flexibility index (Phi) is 8.07. The summed E-state index contributed by atoms with van der Waals surface area (Å²) < 4.78 is 30.9. The molecule has 6 nitrogen and oxygen atoms in total. The molecular formula is C11H16Cl2N2O4S. The number of hydrogen-bond donors (Lipinski definition) is 2. The first-order chi connectivity index (χ1) is 8.90. The van der Waals surface area contributed by atoms with Crippen LogP contribution in [0.15, 0.2) is 29.2 Å². The Bertz CT molecular complexity index is 534. The minimum absolute atomic E-state index is 0. The molecule has 0 bridgehead atoms. The average molecular weight is 343 g/mol. The molecule has 0 radical (unpaired) electrons. The fourth-order valence-electron chi connectivity index (χ4n) is 1.30. The van der Waals surface area contributed by atoms with Crippen molar-refractivity contribution in [3.63, 3.8) is 0 Å². The van der Waals surface area contributed by atoms with Crippen LogP contribution in [-0.4, -0.2) is 33.6 Å². The zero-order chi connectivity index (χ0) is 14.5. The van der Waals surface area contributed by atoms with E-state index in [4.69, 9.17) is 22.1 Å². The summed E-state index contributed by atoms with van der Waals surface area (Å²) in [6.45, 7) is 1.59. The van der Waals surface area contributed by atoms with Crippen molar-refractivity contribution in [3.8, 4) is 0 Å². The highest BCUT2D eigenvalue weighted by atomic mass is 35.5. The van der Waals surface area contributed by atoms with Gasteiger partial charge < -0.3 is 10.5 Å². The molecule has 0 heterocycles. The minimum Gasteiger partial charge on any atom is -0.465 e. The lowest BCUT2D eigenvalue weighted by molar-refractivity contribution is -0.144. The van der Waals surface area contributed by atoms with E-state index in [9.17, 15) is 13.2 Å². The lowest BCUT2D eigenvalue weighted by Crippen LogP contribution is -2.46. The molecule has 0 fully saturated rings. The third kappa shape index (κ3) is 5.26. The van der Waals surface area contributed by atoms with Gasteiger partial charge in [0.2, 0.25) is 10.0 Å². The van der Waals surface area contributed by atoms with Crippen LogP contribution in [0.3, 0.4) is 0 Å². The van der Waals surface area contributed by atoms with E-state index < -0.39 is 22.0 Å². The van der Waals surface area contributed by atoms with Crippen LogP contribution < -0.4 is 10.5 Å². The first kappa shape index (κ1) is 19.1. The minimum atomic E-state index is -3.84. The maximum absolute atomic E-state index is 12.0. The van der Waals surface area contributed by atoms with Crippen molar-refractivity contribution in [1.29, 1.82) is 0 Å². The third-order valence-electron chi connectivity index (χ3n) is 2.23. The summed E-state index contributed by atoms with van der Waals surface area (Å²) in [5, 5.41) is 0.416. The predicted molar refractivity (Wildman–Crippen MR) is 78.5 cm³/mol. The summed E-state index contributed by atoms with van der Waals surface area (Å²) in [6.07, 6.45) is 0. The van der Waals surface area contributed by atoms with E-state index >= 15 is 0 Å². The van der Waals surface area contributed by atoms with Gasteiger partial charge in [0.05, 0.1) is 11.5 Å². The van der Waals surface area contributed by atoms with Crippen molar-refractivity contribution in [2.45, 2.75) is 17.9 Å². The van der Waals surface area contributed by atoms with E-state index in [2.05, 4.69) is 4.72 Å². The molecule has 0 spiro atoms. The Labute approximate surface area is 129 Å². The molecule has 0 aliphatic rings. The fraction of sp³-hybridized carbons (Fsp3) is 0.364. The van der Waals surface area contributed by atoms with Gasteiger partial charge in [0.1, 0.15) is 6.04 Å². The van der Waals surface area contributed by atoms with Crippen molar-refractivity contribution >= 4 is 40.0 Å². The van der Waals surface area contributed by atoms with Crippen LogP contribution in [0.2, 0.25) is 5.02 Å². The number of carbonyl (C=O) groups is 1. The number of rotatable bonds is 6. The molecule has 3 N–H and O–H groups in total. The number of sulfonamides is 1. The number of carbonyl (C=O) groups excluding carboxylic acids is 1. The summed E-state index contributed by atoms with van der Waals surface area (Å²) >= 11 is 5.68. The molecule has 1 rings (SSSR count). The molecule has 0 aliphatic carbocycles. The van der Waals surface area contributed by atoms with Gasteiger partial charge in [0.15, 0.2) is 0 Å². The SMILES string of the molecule is CCOC(=O)[C@H](CN)NS(=O)(=O)c1ccc(Cl)cc1.Cl. The lowest BCUT2D eigenvalue weighted by atomic mass is 10.3. The van der Waals surface area contributed by atoms with Crippen LogP contribution in [0.5, 0.6) is 0 Å². The molecule has 0 aliphatic heterocycles. The lowest BCUT2D eigenvalue weighted by Gasteiger charge is -2.15. The van der Waals surface area contributed by atoms with E-state index in [1.807, 2.05) is 0 Å². The molecule has 0 aromatic heterocycles. The Morgan fingerprint density at radius 1 is 1.40 bits per heavy atom. The van der Waals surface area contributed by atoms with Crippen LogP contribution in [-0.2, 0) is 19.6 Å². The van der Waals surface area contributed by atoms with Gasteiger partial charge in [-0.25, -0.2) is 8.42 Å². The Hall–Kier alpha value is -0.860. The first-order valence-electron chi connectivity index (χ1n) is 5.55. The smallest absolute Gasteiger partial charge is 0.325 e. The van der Waals surface area contributed by atoms with Crippen molar-refractivity contribution in [2.75, 3.05) is 13.2 Å². The topological polar surface area (TPSA) is 98.5 Å². The maximum Gasteiger partial charge on any atom is 0.325 e. The highest BCUT2D eigenvalue weighted by Crippen LogP contribution is 2.14. The number of hydrogen-bond acceptors (Lipinski definition) is 5. The molecule has 0 saturated carbocycles. The van der Waals surface area contributed by atoms with Gasteiger partial charge in [-0.05, 0) is 31.2 Å². The Morgan fingerprint density at radius 3 is 2.40 bits per heavy atom. The van der Waals surface area contributed by atoms with Gasteiger partial charge in [-0.2, -0.15) is 4.72 Å².